The molecule has 0 radical (unpaired) electrons. The Morgan fingerprint density at radius 1 is 1.20 bits per heavy atom. The summed E-state index contributed by atoms with van der Waals surface area (Å²) >= 11 is 0. The van der Waals surface area contributed by atoms with Gasteiger partial charge in [0.25, 0.3) is 0 Å². The maximum absolute atomic E-state index is 12.4. The van der Waals surface area contributed by atoms with E-state index in [4.69, 9.17) is 9.47 Å². The maximum atomic E-state index is 12.4. The van der Waals surface area contributed by atoms with Gasteiger partial charge in [-0.15, -0.1) is 0 Å². The van der Waals surface area contributed by atoms with Crippen LogP contribution in [0.1, 0.15) is 12.0 Å². The molecule has 1 heterocycles. The van der Waals surface area contributed by atoms with Crippen LogP contribution in [-0.2, 0) is 11.2 Å². The molecule has 0 saturated carbocycles. The van der Waals surface area contributed by atoms with Crippen LogP contribution in [0.15, 0.2) is 18.2 Å². The average Bonchev–Trinajstić information content (AvgIpc) is 2.76. The van der Waals surface area contributed by atoms with Gasteiger partial charge in [0.05, 0.1) is 20.6 Å². The summed E-state index contributed by atoms with van der Waals surface area (Å²) in [4.78, 5) is 14.4. The highest BCUT2D eigenvalue weighted by Crippen LogP contribution is 2.29. The Balaban J connectivity index is 2.13. The number of methoxy groups -OCH3 is 2. The quantitative estimate of drug-likeness (QED) is 0.895. The van der Waals surface area contributed by atoms with E-state index in [2.05, 4.69) is 5.32 Å². The van der Waals surface area contributed by atoms with E-state index in [9.17, 15) is 4.79 Å². The lowest BCUT2D eigenvalue weighted by atomic mass is 10.1. The lowest BCUT2D eigenvalue weighted by Gasteiger charge is -2.21. The molecule has 0 aromatic heterocycles. The molecule has 1 fully saturated rings. The summed E-state index contributed by atoms with van der Waals surface area (Å²) in [6.45, 7) is 3.40. The minimum absolute atomic E-state index is 0.122. The summed E-state index contributed by atoms with van der Waals surface area (Å²) in [6, 6.07) is 5.58. The van der Waals surface area contributed by atoms with Crippen molar-refractivity contribution < 1.29 is 14.3 Å². The van der Waals surface area contributed by atoms with Crippen molar-refractivity contribution in [3.8, 4) is 11.5 Å². The van der Waals surface area contributed by atoms with Crippen molar-refractivity contribution in [3.05, 3.63) is 23.8 Å². The molecule has 5 heteroatoms. The molecule has 2 rings (SSSR count). The smallest absolute Gasteiger partial charge is 0.227 e. The van der Waals surface area contributed by atoms with Gasteiger partial charge in [0.2, 0.25) is 5.91 Å². The normalized spacial score (nSPS) is 15.6. The number of benzene rings is 1. The number of ether oxygens (including phenoxy) is 2. The Hall–Kier alpha value is -1.75. The highest BCUT2D eigenvalue weighted by molar-refractivity contribution is 5.80. The average molecular weight is 278 g/mol. The third kappa shape index (κ3) is 3.42. The molecule has 1 aromatic carbocycles. The first-order valence-electron chi connectivity index (χ1n) is 6.94. The molecule has 1 aromatic rings. The molecule has 1 aliphatic rings. The van der Waals surface area contributed by atoms with Crippen LogP contribution in [0.5, 0.6) is 11.5 Å². The van der Waals surface area contributed by atoms with Gasteiger partial charge in [-0.25, -0.2) is 0 Å². The van der Waals surface area contributed by atoms with Gasteiger partial charge in [0, 0.05) is 25.2 Å². The van der Waals surface area contributed by atoms with E-state index in [1.54, 1.807) is 14.2 Å². The summed E-state index contributed by atoms with van der Waals surface area (Å²) in [7, 11) is 3.22. The number of carbonyl (C=O) groups is 1. The fourth-order valence-corrected chi connectivity index (χ4v) is 2.46. The summed E-state index contributed by atoms with van der Waals surface area (Å²) < 4.78 is 10.7. The van der Waals surface area contributed by atoms with Crippen molar-refractivity contribution in [1.82, 2.24) is 10.2 Å². The van der Waals surface area contributed by atoms with Crippen molar-refractivity contribution >= 4 is 5.91 Å². The standard InChI is InChI=1S/C15H22N2O3/c1-19-13-5-3-6-14(20-2)12(13)11-15(18)17-9-4-7-16-8-10-17/h3,5-6,16H,4,7-11H2,1-2H3. The highest BCUT2D eigenvalue weighted by Gasteiger charge is 2.19. The van der Waals surface area contributed by atoms with Crippen LogP contribution in [0, 0.1) is 0 Å². The Kier molecular flexibility index (Phi) is 5.24. The molecule has 0 aliphatic carbocycles. The molecule has 0 spiro atoms. The number of hydrogen-bond acceptors (Lipinski definition) is 4. The minimum Gasteiger partial charge on any atom is -0.496 e. The van der Waals surface area contributed by atoms with Crippen molar-refractivity contribution in [2.24, 2.45) is 0 Å². The SMILES string of the molecule is COc1cccc(OC)c1CC(=O)N1CCCNCC1. The number of carbonyl (C=O) groups excluding carboxylic acids is 1. The molecular weight excluding hydrogens is 256 g/mol. The van der Waals surface area contributed by atoms with Gasteiger partial charge >= 0.3 is 0 Å². The molecular formula is C15H22N2O3. The topological polar surface area (TPSA) is 50.8 Å². The molecule has 110 valence electrons. The number of nitrogens with one attached hydrogen (secondary N) is 1. The molecule has 20 heavy (non-hydrogen) atoms. The van der Waals surface area contributed by atoms with Crippen LogP contribution in [-0.4, -0.2) is 51.2 Å². The van der Waals surface area contributed by atoms with Crippen LogP contribution < -0.4 is 14.8 Å². The Bertz CT molecular complexity index is 432. The van der Waals surface area contributed by atoms with Gasteiger partial charge in [-0.2, -0.15) is 0 Å². The summed E-state index contributed by atoms with van der Waals surface area (Å²) in [5, 5.41) is 3.30. The van der Waals surface area contributed by atoms with Crippen LogP contribution in [0.3, 0.4) is 0 Å². The lowest BCUT2D eigenvalue weighted by molar-refractivity contribution is -0.130. The third-order valence-corrected chi connectivity index (χ3v) is 3.55. The van der Waals surface area contributed by atoms with Gasteiger partial charge < -0.3 is 19.7 Å². The Morgan fingerprint density at radius 2 is 1.90 bits per heavy atom. The van der Waals surface area contributed by atoms with E-state index in [-0.39, 0.29) is 5.91 Å². The number of hydrogen-bond donors (Lipinski definition) is 1. The van der Waals surface area contributed by atoms with Gasteiger partial charge in [0.15, 0.2) is 0 Å². The number of amides is 1. The van der Waals surface area contributed by atoms with Crippen LogP contribution in [0.25, 0.3) is 0 Å². The molecule has 1 saturated heterocycles. The van der Waals surface area contributed by atoms with Gasteiger partial charge in [-0.3, -0.25) is 4.79 Å². The highest BCUT2D eigenvalue weighted by atomic mass is 16.5. The van der Waals surface area contributed by atoms with Crippen molar-refractivity contribution in [2.45, 2.75) is 12.8 Å². The maximum Gasteiger partial charge on any atom is 0.227 e. The van der Waals surface area contributed by atoms with Crippen molar-refractivity contribution in [3.63, 3.8) is 0 Å². The minimum atomic E-state index is 0.122. The molecule has 1 amide bonds. The summed E-state index contributed by atoms with van der Waals surface area (Å²) in [5.41, 5.74) is 0.819. The monoisotopic (exact) mass is 278 g/mol. The molecule has 1 N–H and O–H groups in total. The number of nitrogens with zero attached hydrogens (tertiary/aromatic N) is 1. The summed E-state index contributed by atoms with van der Waals surface area (Å²) in [6.07, 6.45) is 1.31. The zero-order valence-electron chi connectivity index (χ0n) is 12.1. The molecule has 0 atom stereocenters. The first-order chi connectivity index (χ1) is 9.76. The van der Waals surface area contributed by atoms with Gasteiger partial charge in [-0.05, 0) is 25.1 Å². The Morgan fingerprint density at radius 3 is 2.55 bits per heavy atom. The van der Waals surface area contributed by atoms with Gasteiger partial charge in [-0.1, -0.05) is 6.07 Å². The van der Waals surface area contributed by atoms with Crippen LogP contribution in [0.4, 0.5) is 0 Å². The molecule has 5 nitrogen and oxygen atoms in total. The third-order valence-electron chi connectivity index (χ3n) is 3.55. The fraction of sp³-hybridized carbons (Fsp3) is 0.533. The van der Waals surface area contributed by atoms with Crippen LogP contribution >= 0.6 is 0 Å². The zero-order valence-corrected chi connectivity index (χ0v) is 12.1. The molecule has 0 bridgehead atoms. The fourth-order valence-electron chi connectivity index (χ4n) is 2.46. The van der Waals surface area contributed by atoms with E-state index in [1.165, 1.54) is 0 Å². The second-order valence-electron chi connectivity index (χ2n) is 4.80. The zero-order chi connectivity index (χ0) is 14.4. The lowest BCUT2D eigenvalue weighted by Crippen LogP contribution is -2.35. The first kappa shape index (κ1) is 14.7. The molecule has 0 unspecified atom stereocenters. The second-order valence-corrected chi connectivity index (χ2v) is 4.80. The van der Waals surface area contributed by atoms with Crippen molar-refractivity contribution in [2.75, 3.05) is 40.4 Å². The predicted octanol–water partition coefficient (Wildman–Crippen LogP) is 1.07. The van der Waals surface area contributed by atoms with E-state index in [1.807, 2.05) is 23.1 Å². The van der Waals surface area contributed by atoms with E-state index >= 15 is 0 Å². The predicted molar refractivity (Wildman–Crippen MR) is 77.3 cm³/mol. The van der Waals surface area contributed by atoms with Gasteiger partial charge in [0.1, 0.15) is 11.5 Å². The van der Waals surface area contributed by atoms with Crippen molar-refractivity contribution in [1.29, 1.82) is 0 Å². The number of rotatable bonds is 4. The molecule has 1 aliphatic heterocycles. The van der Waals surface area contributed by atoms with Crippen LogP contribution in [0.2, 0.25) is 0 Å². The summed E-state index contributed by atoms with van der Waals surface area (Å²) in [5.74, 6) is 1.52. The Labute approximate surface area is 119 Å². The first-order valence-corrected chi connectivity index (χ1v) is 6.94. The largest absolute Gasteiger partial charge is 0.496 e. The van der Waals surface area contributed by atoms with E-state index < -0.39 is 0 Å². The van der Waals surface area contributed by atoms with E-state index in [0.717, 1.165) is 38.2 Å². The second kappa shape index (κ2) is 7.14. The van der Waals surface area contributed by atoms with E-state index in [0.29, 0.717) is 17.9 Å².